The summed E-state index contributed by atoms with van der Waals surface area (Å²) in [6, 6.07) is 35.1. The third kappa shape index (κ3) is 10.5. The van der Waals surface area contributed by atoms with Gasteiger partial charge in [0.05, 0.1) is 93.1 Å². The molecule has 13 rings (SSSR count). The van der Waals surface area contributed by atoms with E-state index < -0.39 is 11.8 Å². The second-order valence-corrected chi connectivity index (χ2v) is 18.0. The molecule has 1 aliphatic heterocycles. The van der Waals surface area contributed by atoms with Crippen LogP contribution in [0, 0.1) is 0 Å². The van der Waals surface area contributed by atoms with Crippen molar-refractivity contribution in [2.75, 3.05) is 0 Å². The molecule has 0 aliphatic carbocycles. The number of H-pyrrole nitrogens is 1. The Kier molecular flexibility index (Phi) is 14.4. The monoisotopic (exact) mass is 1070 g/mol. The number of para-hydroxylation sites is 4. The number of nitrogens with zero attached hydrogens (tertiary/aromatic N) is 10. The predicted octanol–water partition coefficient (Wildman–Crippen LogP) is 8.21. The fourth-order valence-corrected chi connectivity index (χ4v) is 9.26. The standard InChI is InChI=1S/C29H18N6O2.C14H12N4O.C10H10N2O.C4H3BrN2/c36-28-26(22-15-34(18-6-5-11-30-12-18)24-9-3-1-7-20(22)24)27(29(37)33-28)23-16-35(19-13-31-17-32-14-19)25-10-4-2-8-21(23)25;15-14(19)5-10-8-18(11-6-16-9-17-7-11)13-4-2-1-3-12(10)13;11-10(13)5-7-6-12-9-4-2-1-3-8(7)9;5-4-1-6-3-7-2-4/h1-17H,(H,33,36,37);1-4,6-9H,5H2,(H2,15,19);1-4,6,12H,5H2,(H2,11,13);1-3H. The third-order valence-corrected chi connectivity index (χ3v) is 12.6. The van der Waals surface area contributed by atoms with Crippen molar-refractivity contribution in [1.29, 1.82) is 0 Å². The Morgan fingerprint density at radius 1 is 0.474 bits per heavy atom. The van der Waals surface area contributed by atoms with E-state index in [4.69, 9.17) is 11.5 Å². The van der Waals surface area contributed by atoms with Gasteiger partial charge in [-0.05, 0) is 63.5 Å². The average molecular weight is 1070 g/mol. The molecule has 12 aromatic rings. The zero-order chi connectivity index (χ0) is 52.5. The molecule has 4 aromatic carbocycles. The molecular weight excluding hydrogens is 1020 g/mol. The predicted molar refractivity (Wildman–Crippen MR) is 293 cm³/mol. The number of carbonyl (C=O) groups excluding carboxylic acids is 4. The normalized spacial score (nSPS) is 11.9. The lowest BCUT2D eigenvalue weighted by Gasteiger charge is -2.03. The Morgan fingerprint density at radius 3 is 1.41 bits per heavy atom. The van der Waals surface area contributed by atoms with Crippen molar-refractivity contribution in [3.8, 4) is 17.1 Å². The van der Waals surface area contributed by atoms with Gasteiger partial charge >= 0.3 is 0 Å². The zero-order valence-corrected chi connectivity index (χ0v) is 41.7. The van der Waals surface area contributed by atoms with Crippen LogP contribution in [-0.4, -0.2) is 77.2 Å². The first-order valence-electron chi connectivity index (χ1n) is 23.5. The minimum Gasteiger partial charge on any atom is -0.369 e. The van der Waals surface area contributed by atoms with Crippen molar-refractivity contribution < 1.29 is 19.2 Å². The van der Waals surface area contributed by atoms with Crippen LogP contribution in [0.1, 0.15) is 22.3 Å². The van der Waals surface area contributed by atoms with Gasteiger partial charge in [-0.25, -0.2) is 29.9 Å². The number of fused-ring (bicyclic) bond motifs is 4. The molecule has 19 heteroatoms. The summed E-state index contributed by atoms with van der Waals surface area (Å²) in [6.45, 7) is 0. The number of imide groups is 1. The number of pyridine rings is 1. The Labute approximate surface area is 441 Å². The van der Waals surface area contributed by atoms with E-state index in [1.807, 2.05) is 148 Å². The van der Waals surface area contributed by atoms with Crippen LogP contribution in [0.3, 0.4) is 0 Å². The molecule has 0 bridgehead atoms. The van der Waals surface area contributed by atoms with E-state index in [-0.39, 0.29) is 18.2 Å². The molecule has 0 fully saturated rings. The number of halogens is 1. The number of rotatable bonds is 9. The van der Waals surface area contributed by atoms with Crippen LogP contribution < -0.4 is 16.8 Å². The number of primary amides is 2. The van der Waals surface area contributed by atoms with Gasteiger partial charge in [0.2, 0.25) is 11.8 Å². The molecule has 0 radical (unpaired) electrons. The summed E-state index contributed by atoms with van der Waals surface area (Å²) in [6.07, 6.45) is 26.2. The zero-order valence-electron chi connectivity index (χ0n) is 40.1. The number of hydrogen-bond acceptors (Lipinski definition) is 11. The molecule has 0 atom stereocenters. The minimum atomic E-state index is -0.426. The van der Waals surface area contributed by atoms with E-state index in [1.165, 1.54) is 19.0 Å². The fraction of sp³-hybridized carbons (Fsp3) is 0.0351. The van der Waals surface area contributed by atoms with Gasteiger partial charge in [0, 0.05) is 81.6 Å². The van der Waals surface area contributed by atoms with E-state index in [2.05, 4.69) is 61.1 Å². The molecule has 4 amide bonds. The van der Waals surface area contributed by atoms with Crippen LogP contribution in [-0.2, 0) is 32.0 Å². The lowest BCUT2D eigenvalue weighted by molar-refractivity contribution is -0.123. The number of aromatic nitrogens is 11. The summed E-state index contributed by atoms with van der Waals surface area (Å²) in [4.78, 5) is 79.6. The van der Waals surface area contributed by atoms with Crippen LogP contribution in [0.5, 0.6) is 0 Å². The van der Waals surface area contributed by atoms with Crippen molar-refractivity contribution in [2.24, 2.45) is 11.5 Å². The average Bonchev–Trinajstić information content (AvgIpc) is 4.30. The fourth-order valence-electron chi connectivity index (χ4n) is 9.02. The second kappa shape index (κ2) is 22.2. The van der Waals surface area contributed by atoms with Gasteiger partial charge < -0.3 is 30.2 Å². The molecule has 6 N–H and O–H groups in total. The van der Waals surface area contributed by atoms with E-state index in [0.29, 0.717) is 28.7 Å². The highest BCUT2D eigenvalue weighted by Crippen LogP contribution is 2.40. The van der Waals surface area contributed by atoms with Crippen LogP contribution >= 0.6 is 15.9 Å². The lowest BCUT2D eigenvalue weighted by Crippen LogP contribution is -2.22. The Morgan fingerprint density at radius 2 is 0.908 bits per heavy atom. The Hall–Kier alpha value is -10.3. The van der Waals surface area contributed by atoms with E-state index in [0.717, 1.165) is 76.3 Å². The van der Waals surface area contributed by atoms with Crippen molar-refractivity contribution in [3.63, 3.8) is 0 Å². The number of benzene rings is 4. The van der Waals surface area contributed by atoms with Gasteiger partial charge in [-0.3, -0.25) is 29.5 Å². The summed E-state index contributed by atoms with van der Waals surface area (Å²) in [5, 5.41) is 6.33. The molecule has 8 aromatic heterocycles. The van der Waals surface area contributed by atoms with Crippen molar-refractivity contribution >= 4 is 94.3 Å². The second-order valence-electron chi connectivity index (χ2n) is 17.0. The van der Waals surface area contributed by atoms with Gasteiger partial charge in [-0.1, -0.05) is 72.8 Å². The van der Waals surface area contributed by atoms with E-state index in [9.17, 15) is 19.2 Å². The molecule has 76 heavy (non-hydrogen) atoms. The smallest absolute Gasteiger partial charge is 0.259 e. The van der Waals surface area contributed by atoms with Crippen LogP contribution in [0.2, 0.25) is 0 Å². The molecular formula is C57H43BrN14O4. The summed E-state index contributed by atoms with van der Waals surface area (Å²) in [5.74, 6) is -1.49. The topological polar surface area (TPSA) is 253 Å². The van der Waals surface area contributed by atoms with Gasteiger partial charge in [0.1, 0.15) is 19.0 Å². The molecule has 372 valence electrons. The Balaban J connectivity index is 0.000000139. The lowest BCUT2D eigenvalue weighted by atomic mass is 9.95. The van der Waals surface area contributed by atoms with E-state index >= 15 is 0 Å². The van der Waals surface area contributed by atoms with Gasteiger partial charge in [-0.2, -0.15) is 0 Å². The summed E-state index contributed by atoms with van der Waals surface area (Å²) >= 11 is 3.19. The van der Waals surface area contributed by atoms with Gasteiger partial charge in [0.15, 0.2) is 0 Å². The quantitative estimate of drug-likeness (QED) is 0.100. The third-order valence-electron chi connectivity index (χ3n) is 12.2. The SMILES string of the molecule is Brc1cncnc1.NC(=O)Cc1c[nH]c2ccccc12.NC(=O)Cc1cn(-c2cncnc2)c2ccccc12.O=C1NC(=O)C(c2cn(-c3cncnc3)c3ccccc23)=C1c1cn(-c2cccnc2)c2ccccc12. The van der Waals surface area contributed by atoms with Crippen molar-refractivity contribution in [1.82, 2.24) is 58.9 Å². The maximum absolute atomic E-state index is 13.3. The van der Waals surface area contributed by atoms with Crippen molar-refractivity contribution in [3.05, 3.63) is 229 Å². The van der Waals surface area contributed by atoms with Gasteiger partial charge in [0.25, 0.3) is 11.8 Å². The number of amides is 4. The number of hydrogen-bond donors (Lipinski definition) is 4. The first-order chi connectivity index (χ1) is 37.1. The number of aromatic amines is 1. The summed E-state index contributed by atoms with van der Waals surface area (Å²) in [5.41, 5.74) is 20.6. The summed E-state index contributed by atoms with van der Waals surface area (Å²) < 4.78 is 6.80. The van der Waals surface area contributed by atoms with Crippen LogP contribution in [0.25, 0.3) is 71.8 Å². The molecule has 18 nitrogen and oxygen atoms in total. The highest BCUT2D eigenvalue weighted by atomic mass is 79.9. The first kappa shape index (κ1) is 49.3. The van der Waals surface area contributed by atoms with Crippen LogP contribution in [0.15, 0.2) is 207 Å². The van der Waals surface area contributed by atoms with Crippen molar-refractivity contribution in [2.45, 2.75) is 12.8 Å². The maximum atomic E-state index is 13.3. The van der Waals surface area contributed by atoms with Crippen LogP contribution in [0.4, 0.5) is 0 Å². The molecule has 0 saturated carbocycles. The highest BCUT2D eigenvalue weighted by Gasteiger charge is 2.35. The molecule has 1 aliphatic rings. The van der Waals surface area contributed by atoms with Gasteiger partial charge in [-0.15, -0.1) is 0 Å². The molecule has 0 saturated heterocycles. The largest absolute Gasteiger partial charge is 0.369 e. The maximum Gasteiger partial charge on any atom is 0.259 e. The summed E-state index contributed by atoms with van der Waals surface area (Å²) in [7, 11) is 0. The molecule has 0 unspecified atom stereocenters. The minimum absolute atomic E-state index is 0.223. The molecule has 9 heterocycles. The first-order valence-corrected chi connectivity index (χ1v) is 24.2. The molecule has 0 spiro atoms. The number of carbonyl (C=O) groups is 4. The Bertz CT molecular complexity index is 3960. The highest BCUT2D eigenvalue weighted by molar-refractivity contribution is 9.10. The van der Waals surface area contributed by atoms with E-state index in [1.54, 1.807) is 49.6 Å². The number of nitrogens with two attached hydrogens (primary N) is 2. The number of nitrogens with one attached hydrogen (secondary N) is 2.